The van der Waals surface area contributed by atoms with Crippen LogP contribution in [0.5, 0.6) is 5.75 Å². The van der Waals surface area contributed by atoms with Crippen LogP contribution in [0.2, 0.25) is 0 Å². The van der Waals surface area contributed by atoms with Gasteiger partial charge in [-0.3, -0.25) is 86.3 Å². The number of nitrogens with two attached hydrogens (primary N) is 4. The molecule has 4 aromatic carbocycles. The number of carboxylic acid groups (broad SMARTS) is 1. The lowest BCUT2D eigenvalue weighted by molar-refractivity contribution is -0.149. The number of fused-ring (bicyclic) bond motifs is 4. The lowest BCUT2D eigenvalue weighted by Crippen LogP contribution is -2.62. The summed E-state index contributed by atoms with van der Waals surface area (Å²) in [5.74, 6) is -18.6. The number of benzene rings is 4. The highest BCUT2D eigenvalue weighted by Gasteiger charge is 2.47. The zero-order chi connectivity index (χ0) is 100. The summed E-state index contributed by atoms with van der Waals surface area (Å²) >= 11 is 0.783. The van der Waals surface area contributed by atoms with Gasteiger partial charge in [0.05, 0.1) is 24.8 Å². The summed E-state index contributed by atoms with van der Waals surface area (Å²) < 4.78 is 1.44. The van der Waals surface area contributed by atoms with E-state index in [0.717, 1.165) is 36.3 Å². The SMILES string of the molecule is CCCC[C@H]1C(=O)N(C)[C@@H](CCCC)C(=O)N[C@@H](CC(C)C)C(=O)N[C@H](C(=O)NCC(N)=O)CSCC(=O)N[C@@H](Cc2ccc(O)cc2)C(=O)N(C)[C@@H](C)C(=O)N[C@@H](CC(N)=O)C(=O)N2CCCC2C(=O)N[C@@H](CN)C(=O)N[C@@H](Cc2ccccc2)C(=O)N2C[C@H](O)C[C@H]2C(=O)N[C@@H](Cc2c[nH]c3ccccc23)C(=O)N[C@@H](CCN)C(=O)N[C@@H](Cc2cn(CC(=O)O)c3ccccc23)C(=O)N1C. The number of nitrogens with zero attached hydrogens (tertiary/aromatic N) is 6. The van der Waals surface area contributed by atoms with Gasteiger partial charge >= 0.3 is 5.97 Å². The van der Waals surface area contributed by atoms with Crippen molar-refractivity contribution < 1.29 is 102 Å². The second-order valence-corrected chi connectivity index (χ2v) is 36.4. The van der Waals surface area contributed by atoms with Crippen LogP contribution in [0.3, 0.4) is 0 Å². The number of aromatic hydroxyl groups is 1. The van der Waals surface area contributed by atoms with Gasteiger partial charge in [0, 0.05) is 113 Å². The van der Waals surface area contributed by atoms with Crippen molar-refractivity contribution in [1.29, 1.82) is 0 Å². The van der Waals surface area contributed by atoms with E-state index in [4.69, 9.17) is 22.9 Å². The number of aromatic amines is 1. The molecule has 22 N–H and O–H groups in total. The summed E-state index contributed by atoms with van der Waals surface area (Å²) in [5.41, 5.74) is 26.5. The third kappa shape index (κ3) is 29.5. The first kappa shape index (κ1) is 107. The quantitative estimate of drug-likeness (QED) is 0.0278. The van der Waals surface area contributed by atoms with Gasteiger partial charge in [-0.25, -0.2) is 0 Å². The van der Waals surface area contributed by atoms with Gasteiger partial charge in [0.1, 0.15) is 96.9 Å². The van der Waals surface area contributed by atoms with Crippen molar-refractivity contribution >= 4 is 140 Å². The number of phenolic OH excluding ortho intramolecular Hbond substituents is 1. The number of carboxylic acids is 1. The van der Waals surface area contributed by atoms with Crippen LogP contribution in [0.25, 0.3) is 21.8 Å². The Morgan fingerprint density at radius 3 is 1.72 bits per heavy atom. The number of aliphatic hydroxyl groups excluding tert-OH is 1. The van der Waals surface area contributed by atoms with E-state index in [2.05, 4.69) is 58.2 Å². The number of likely N-dealkylation sites (N-methyl/N-ethyl adjacent to an activating group) is 3. The van der Waals surface area contributed by atoms with Crippen LogP contribution in [-0.2, 0) is 119 Å². The minimum atomic E-state index is -1.78. The third-order valence-electron chi connectivity index (χ3n) is 24.6. The fraction of sp³-hybridized carbons (Fsp3) is 0.511. The van der Waals surface area contributed by atoms with E-state index in [1.807, 2.05) is 13.8 Å². The average Bonchev–Trinajstić information content (AvgIpc) is 1.70. The fourth-order valence-corrected chi connectivity index (χ4v) is 18.0. The van der Waals surface area contributed by atoms with E-state index >= 15 is 33.6 Å². The van der Waals surface area contributed by atoms with Crippen molar-refractivity contribution in [1.82, 2.24) is 87.2 Å². The first-order valence-corrected chi connectivity index (χ1v) is 47.2. The largest absolute Gasteiger partial charge is 0.508 e. The number of unbranched alkanes of at least 4 members (excludes halogenated alkanes) is 2. The molecule has 43 heteroatoms. The Balaban J connectivity index is 1.12. The number of aliphatic hydroxyl groups is 1. The Bertz CT molecular complexity index is 5330. The van der Waals surface area contributed by atoms with E-state index in [0.29, 0.717) is 69.7 Å². The maximum absolute atomic E-state index is 16.0. The summed E-state index contributed by atoms with van der Waals surface area (Å²) in [4.78, 5) is 272. The topological polar surface area (TPSA) is 629 Å². The average molecular weight is 1920 g/mol. The number of para-hydroxylation sites is 2. The number of amides is 17. The number of nitrogens with one attached hydrogen (secondary N) is 11. The molecule has 3 saturated heterocycles. The Hall–Kier alpha value is -13.6. The number of aliphatic carboxylic acids is 1. The van der Waals surface area contributed by atoms with E-state index in [1.54, 1.807) is 98.9 Å². The number of aromatic nitrogens is 2. The van der Waals surface area contributed by atoms with Crippen LogP contribution in [0.15, 0.2) is 116 Å². The molecule has 137 heavy (non-hydrogen) atoms. The van der Waals surface area contributed by atoms with Gasteiger partial charge < -0.3 is 125 Å². The highest BCUT2D eigenvalue weighted by atomic mass is 32.2. The summed E-state index contributed by atoms with van der Waals surface area (Å²) in [6.07, 6.45) is 0.650. The number of thioether (sulfide) groups is 1. The van der Waals surface area contributed by atoms with Gasteiger partial charge in [-0.1, -0.05) is 132 Å². The van der Waals surface area contributed by atoms with Crippen LogP contribution in [-0.4, -0.2) is 312 Å². The molecule has 0 saturated carbocycles. The molecule has 6 aromatic rings. The standard InChI is InChI=1S/C94H129N21O21S/c1-9-11-26-73-87(129)103-64(37-52(3)4)84(126)109-71(82(124)100-46-78(98)119)50-137-51-79(120)101-66(39-55-30-32-58(116)33-31-55)90(132)110(6)53(5)81(123)105-69(43-77(97)118)92(134)114-36-20-29-74(114)88(130)108-70(44-96)86(128)106-67(38-54-21-14-13-15-22-54)93(135)115-48-59(117)42-76(115)89(131)104-65(40-56-45-99-62-25-18-16-23-60(56)62)85(127)102-63(34-35-95)83(125)107-68(91(133)112(8)75(27-12-10-2)94(136)111(73)7)41-57-47-113(49-80(121)122)72-28-19-17-24-61(57)72/h13-19,21-25,28,30-33,45,47,52-53,59,63-71,73-76,99,116-117H,9-12,20,26-27,29,34-44,46,48-51,95-96H2,1-8H3,(H2,97,118)(H2,98,119)(H,100,124)(H,101,120)(H,102,127)(H,103,129)(H,104,131)(H,105,123)(H,106,128)(H,107,125)(H,108,130)(H,109,126)(H,121,122)/t53-,59+,63-,64-,65-,66-,67-,68-,69-,70-,71-,73-,74?,75-,76-/m0/s1. The molecule has 0 aliphatic carbocycles. The minimum Gasteiger partial charge on any atom is -0.508 e. The molecule has 42 nitrogen and oxygen atoms in total. The summed E-state index contributed by atoms with van der Waals surface area (Å²) in [6.45, 7) is 5.71. The van der Waals surface area contributed by atoms with Crippen LogP contribution < -0.4 is 76.1 Å². The minimum absolute atomic E-state index is 0.000728. The lowest BCUT2D eigenvalue weighted by Gasteiger charge is -2.36. The molecule has 17 amide bonds. The Morgan fingerprint density at radius 2 is 1.07 bits per heavy atom. The molecular formula is C94H129N21O21S. The first-order chi connectivity index (χ1) is 65.2. The molecule has 3 aliphatic heterocycles. The normalized spacial score (nSPS) is 24.6. The molecule has 3 fully saturated rings. The Kier molecular flexibility index (Phi) is 39.8. The number of phenols is 1. The van der Waals surface area contributed by atoms with Crippen molar-refractivity contribution in [3.8, 4) is 5.75 Å². The summed E-state index contributed by atoms with van der Waals surface area (Å²) in [6, 6.07) is 5.89. The molecule has 9 rings (SSSR count). The highest BCUT2D eigenvalue weighted by molar-refractivity contribution is 8.00. The Morgan fingerprint density at radius 1 is 0.533 bits per heavy atom. The molecule has 1 unspecified atom stereocenters. The number of hydrogen-bond acceptors (Lipinski definition) is 23. The van der Waals surface area contributed by atoms with Gasteiger partial charge in [-0.15, -0.1) is 11.8 Å². The number of H-pyrrole nitrogens is 1. The van der Waals surface area contributed by atoms with E-state index in [9.17, 15) is 68.1 Å². The maximum atomic E-state index is 16.0. The van der Waals surface area contributed by atoms with Gasteiger partial charge in [-0.2, -0.15) is 0 Å². The van der Waals surface area contributed by atoms with Gasteiger partial charge in [0.2, 0.25) is 100 Å². The smallest absolute Gasteiger partial charge is 0.323 e. The zero-order valence-corrected chi connectivity index (χ0v) is 79.1. The van der Waals surface area contributed by atoms with Crippen molar-refractivity contribution in [3.63, 3.8) is 0 Å². The molecule has 2 aromatic heterocycles. The molecule has 0 bridgehead atoms. The van der Waals surface area contributed by atoms with E-state index < -0.39 is 248 Å². The number of carbonyl (C=O) groups excluding carboxylic acids is 17. The predicted octanol–water partition coefficient (Wildman–Crippen LogP) is -2.04. The monoisotopic (exact) mass is 1920 g/mol. The maximum Gasteiger partial charge on any atom is 0.323 e. The molecule has 15 atom stereocenters. The molecule has 3 aliphatic rings. The number of rotatable bonds is 26. The van der Waals surface area contributed by atoms with Crippen molar-refractivity contribution in [3.05, 3.63) is 138 Å². The molecule has 742 valence electrons. The summed E-state index contributed by atoms with van der Waals surface area (Å²) in [5, 5.41) is 59.6. The van der Waals surface area contributed by atoms with Gasteiger partial charge in [0.15, 0.2) is 0 Å². The molecule has 0 radical (unpaired) electrons. The molecule has 0 spiro atoms. The highest BCUT2D eigenvalue weighted by Crippen LogP contribution is 2.29. The van der Waals surface area contributed by atoms with Crippen LogP contribution in [0, 0.1) is 5.92 Å². The van der Waals surface area contributed by atoms with Gasteiger partial charge in [-0.05, 0) is 104 Å². The molecular weight excluding hydrogens is 1790 g/mol. The van der Waals surface area contributed by atoms with Crippen LogP contribution in [0.4, 0.5) is 0 Å². The summed E-state index contributed by atoms with van der Waals surface area (Å²) in [7, 11) is 3.91. The Labute approximate surface area is 797 Å². The molecule has 5 heterocycles. The third-order valence-corrected chi connectivity index (χ3v) is 25.7. The number of hydrogen-bond donors (Lipinski definition) is 18. The van der Waals surface area contributed by atoms with Crippen LogP contribution in [0.1, 0.15) is 134 Å². The fourth-order valence-electron chi connectivity index (χ4n) is 17.2. The second kappa shape index (κ2) is 50.9. The number of primary amides is 2. The van der Waals surface area contributed by atoms with Crippen LogP contribution >= 0.6 is 11.8 Å². The zero-order valence-electron chi connectivity index (χ0n) is 78.3. The lowest BCUT2D eigenvalue weighted by atomic mass is 9.99. The number of carbonyl (C=O) groups is 18. The first-order valence-electron chi connectivity index (χ1n) is 46.0. The van der Waals surface area contributed by atoms with E-state index in [1.165, 1.54) is 63.1 Å². The predicted molar refractivity (Wildman–Crippen MR) is 505 cm³/mol. The van der Waals surface area contributed by atoms with Crippen molar-refractivity contribution in [2.24, 2.45) is 28.9 Å². The second-order valence-electron chi connectivity index (χ2n) is 35.4. The van der Waals surface area contributed by atoms with Gasteiger partial charge in [0.25, 0.3) is 0 Å². The van der Waals surface area contributed by atoms with E-state index in [-0.39, 0.29) is 89.0 Å². The van der Waals surface area contributed by atoms with Crippen molar-refractivity contribution in [2.45, 2.75) is 235 Å². The van der Waals surface area contributed by atoms with Crippen molar-refractivity contribution in [2.75, 3.05) is 65.4 Å².